The molecule has 0 N–H and O–H groups in total. The topological polar surface area (TPSA) is 32.8 Å². The van der Waals surface area contributed by atoms with Crippen molar-refractivity contribution in [2.75, 3.05) is 42.6 Å². The minimum Gasteiger partial charge on any atom is -0.442 e. The van der Waals surface area contributed by atoms with Crippen LogP contribution in [0.25, 0.3) is 0 Å². The van der Waals surface area contributed by atoms with Crippen molar-refractivity contribution >= 4 is 41.2 Å². The molecule has 0 aromatic heterocycles. The second-order valence-electron chi connectivity index (χ2n) is 6.82. The maximum Gasteiger partial charge on any atom is 0.410 e. The zero-order chi connectivity index (χ0) is 17.2. The highest BCUT2D eigenvalue weighted by atomic mass is 35.5. The molecule has 25 heavy (non-hydrogen) atoms. The number of amides is 1. The van der Waals surface area contributed by atoms with Crippen LogP contribution < -0.4 is 0 Å². The third kappa shape index (κ3) is 4.07. The summed E-state index contributed by atoms with van der Waals surface area (Å²) in [6.07, 6.45) is 0.694. The van der Waals surface area contributed by atoms with Crippen LogP contribution in [0.15, 0.2) is 24.3 Å². The van der Waals surface area contributed by atoms with E-state index in [1.54, 1.807) is 0 Å². The maximum atomic E-state index is 12.3. The van der Waals surface area contributed by atoms with Gasteiger partial charge in [0, 0.05) is 53.7 Å². The van der Waals surface area contributed by atoms with Gasteiger partial charge in [-0.15, -0.1) is 0 Å². The van der Waals surface area contributed by atoms with Gasteiger partial charge in [0.05, 0.1) is 6.04 Å². The molecule has 0 aliphatic carbocycles. The first-order valence-electron chi connectivity index (χ1n) is 8.82. The van der Waals surface area contributed by atoms with E-state index < -0.39 is 0 Å². The molecule has 3 heterocycles. The van der Waals surface area contributed by atoms with E-state index in [1.165, 1.54) is 23.0 Å². The molecular weight excluding hydrogens is 376 g/mol. The van der Waals surface area contributed by atoms with Crippen molar-refractivity contribution in [1.29, 1.82) is 0 Å². The predicted octanol–water partition coefficient (Wildman–Crippen LogP) is 3.24. The van der Waals surface area contributed by atoms with Crippen LogP contribution in [0.4, 0.5) is 4.79 Å². The number of hydrogen-bond donors (Lipinski definition) is 0. The Labute approximate surface area is 162 Å². The monoisotopic (exact) mass is 398 g/mol. The van der Waals surface area contributed by atoms with Crippen LogP contribution in [0.3, 0.4) is 0 Å². The summed E-state index contributed by atoms with van der Waals surface area (Å²) < 4.78 is 5.67. The Bertz CT molecular complexity index is 625. The molecule has 1 aromatic rings. The maximum absolute atomic E-state index is 12.3. The van der Waals surface area contributed by atoms with E-state index in [-0.39, 0.29) is 18.2 Å². The summed E-state index contributed by atoms with van der Waals surface area (Å²) in [4.78, 5) is 16.7. The Morgan fingerprint density at radius 1 is 1.20 bits per heavy atom. The number of rotatable bonds is 4. The van der Waals surface area contributed by atoms with Crippen LogP contribution in [-0.2, 0) is 11.2 Å². The fourth-order valence-electron chi connectivity index (χ4n) is 3.85. The number of fused-ring (bicyclic) bond motifs is 1. The third-order valence-electron chi connectivity index (χ3n) is 5.19. The van der Waals surface area contributed by atoms with Gasteiger partial charge in [-0.2, -0.15) is 23.5 Å². The highest BCUT2D eigenvalue weighted by Crippen LogP contribution is 2.31. The summed E-state index contributed by atoms with van der Waals surface area (Å²) in [6.45, 7) is 2.52. The number of benzene rings is 1. The van der Waals surface area contributed by atoms with E-state index in [0.29, 0.717) is 12.6 Å². The van der Waals surface area contributed by atoms with E-state index >= 15 is 0 Å². The molecule has 0 saturated carbocycles. The first-order chi connectivity index (χ1) is 12.2. The van der Waals surface area contributed by atoms with E-state index in [1.807, 2.05) is 23.1 Å². The molecule has 2 atom stereocenters. The summed E-state index contributed by atoms with van der Waals surface area (Å²) in [5.41, 5.74) is 1.16. The minimum atomic E-state index is -0.152. The van der Waals surface area contributed by atoms with Crippen LogP contribution >= 0.6 is 35.1 Å². The van der Waals surface area contributed by atoms with Crippen LogP contribution in [-0.4, -0.2) is 76.7 Å². The van der Waals surface area contributed by atoms with E-state index in [9.17, 15) is 4.79 Å². The van der Waals surface area contributed by atoms with Gasteiger partial charge < -0.3 is 4.74 Å². The molecule has 4 nitrogen and oxygen atoms in total. The molecule has 3 aliphatic rings. The van der Waals surface area contributed by atoms with E-state index in [2.05, 4.69) is 34.5 Å². The normalized spacial score (nSPS) is 28.0. The zero-order valence-corrected chi connectivity index (χ0v) is 16.5. The first kappa shape index (κ1) is 17.8. The van der Waals surface area contributed by atoms with E-state index in [4.69, 9.17) is 16.3 Å². The number of carbonyl (C=O) groups excluding carboxylic acids is 1. The van der Waals surface area contributed by atoms with Gasteiger partial charge in [0.2, 0.25) is 0 Å². The van der Waals surface area contributed by atoms with Crippen LogP contribution in [0.1, 0.15) is 5.56 Å². The predicted molar refractivity (Wildman–Crippen MR) is 106 cm³/mol. The Balaban J connectivity index is 1.37. The fourth-order valence-corrected chi connectivity index (χ4v) is 6.69. The summed E-state index contributed by atoms with van der Waals surface area (Å²) in [6, 6.07) is 8.68. The lowest BCUT2D eigenvalue weighted by molar-refractivity contribution is 0.116. The van der Waals surface area contributed by atoms with Crippen LogP contribution in [0.2, 0.25) is 5.02 Å². The van der Waals surface area contributed by atoms with Gasteiger partial charge in [-0.1, -0.05) is 23.7 Å². The Kier molecular flexibility index (Phi) is 5.70. The SMILES string of the molecule is O=C1O[C@@H]2CN(C3CSCCSC3)C[C@@H]2N1CCc1cccc(Cl)c1. The molecule has 0 radical (unpaired) electrons. The smallest absolute Gasteiger partial charge is 0.410 e. The number of thioether (sulfide) groups is 2. The standard InChI is InChI=1S/C18H23ClN2O2S2/c19-14-3-1-2-13(8-14)4-5-21-16-9-20(10-17(16)23-18(21)22)15-11-24-6-7-25-12-15/h1-3,8,15-17H,4-7,9-12H2/t16-,17+/m0/s1. The molecular formula is C18H23ClN2O2S2. The van der Waals surface area contributed by atoms with Gasteiger partial charge in [0.1, 0.15) is 6.10 Å². The Hall–Kier alpha value is -0.560. The number of halogens is 1. The molecule has 4 rings (SSSR count). The Morgan fingerprint density at radius 2 is 2.00 bits per heavy atom. The molecule has 7 heteroatoms. The van der Waals surface area contributed by atoms with Gasteiger partial charge in [0.25, 0.3) is 0 Å². The van der Waals surface area contributed by atoms with E-state index in [0.717, 1.165) is 30.1 Å². The van der Waals surface area contributed by atoms with Gasteiger partial charge in [-0.25, -0.2) is 4.79 Å². The van der Waals surface area contributed by atoms with Crippen molar-refractivity contribution in [3.8, 4) is 0 Å². The summed E-state index contributed by atoms with van der Waals surface area (Å²) in [5.74, 6) is 4.90. The van der Waals surface area contributed by atoms with Crippen molar-refractivity contribution in [2.24, 2.45) is 0 Å². The number of nitrogens with zero attached hydrogens (tertiary/aromatic N) is 2. The quantitative estimate of drug-likeness (QED) is 0.777. The zero-order valence-electron chi connectivity index (χ0n) is 14.1. The van der Waals surface area contributed by atoms with Gasteiger partial charge in [-0.05, 0) is 24.1 Å². The largest absolute Gasteiger partial charge is 0.442 e. The molecule has 3 fully saturated rings. The minimum absolute atomic E-state index is 0.0325. The number of hydrogen-bond acceptors (Lipinski definition) is 5. The number of likely N-dealkylation sites (tertiary alicyclic amines) is 1. The molecule has 136 valence electrons. The average Bonchev–Trinajstić information content (AvgIpc) is 2.98. The lowest BCUT2D eigenvalue weighted by atomic mass is 10.1. The average molecular weight is 399 g/mol. The van der Waals surface area contributed by atoms with Crippen LogP contribution in [0, 0.1) is 0 Å². The lowest BCUT2D eigenvalue weighted by Crippen LogP contribution is -2.42. The molecule has 0 spiro atoms. The fraction of sp³-hybridized carbons (Fsp3) is 0.611. The van der Waals surface area contributed by atoms with Gasteiger partial charge in [0.15, 0.2) is 0 Å². The lowest BCUT2D eigenvalue weighted by Gasteiger charge is -2.28. The molecule has 0 bridgehead atoms. The van der Waals surface area contributed by atoms with Crippen molar-refractivity contribution in [2.45, 2.75) is 24.6 Å². The molecule has 1 aromatic carbocycles. The molecule has 3 aliphatic heterocycles. The van der Waals surface area contributed by atoms with Crippen LogP contribution in [0.5, 0.6) is 0 Å². The first-order valence-corrected chi connectivity index (χ1v) is 11.5. The number of carbonyl (C=O) groups is 1. The van der Waals surface area contributed by atoms with Gasteiger partial charge in [-0.3, -0.25) is 9.80 Å². The highest BCUT2D eigenvalue weighted by molar-refractivity contribution is 8.03. The second kappa shape index (κ2) is 7.99. The van der Waals surface area contributed by atoms with Crippen molar-refractivity contribution in [1.82, 2.24) is 9.80 Å². The number of ether oxygens (including phenoxy) is 1. The van der Waals surface area contributed by atoms with Crippen molar-refractivity contribution in [3.05, 3.63) is 34.9 Å². The second-order valence-corrected chi connectivity index (χ2v) is 9.56. The van der Waals surface area contributed by atoms with Gasteiger partial charge >= 0.3 is 6.09 Å². The van der Waals surface area contributed by atoms with Crippen molar-refractivity contribution < 1.29 is 9.53 Å². The highest BCUT2D eigenvalue weighted by Gasteiger charge is 2.48. The molecule has 1 amide bonds. The van der Waals surface area contributed by atoms with Crippen molar-refractivity contribution in [3.63, 3.8) is 0 Å². The summed E-state index contributed by atoms with van der Waals surface area (Å²) in [7, 11) is 0. The third-order valence-corrected chi connectivity index (χ3v) is 7.91. The molecule has 0 unspecified atom stereocenters. The summed E-state index contributed by atoms with van der Waals surface area (Å²) >= 11 is 10.2. The molecule has 3 saturated heterocycles. The summed E-state index contributed by atoms with van der Waals surface area (Å²) in [5, 5.41) is 0.745. The Morgan fingerprint density at radius 3 is 2.76 bits per heavy atom.